The summed E-state index contributed by atoms with van der Waals surface area (Å²) < 4.78 is 28.9. The number of hydrogen-bond acceptors (Lipinski definition) is 16. The second-order valence-electron chi connectivity index (χ2n) is 18.5. The Morgan fingerprint density at radius 3 is 1.82 bits per heavy atom. The highest BCUT2D eigenvalue weighted by atomic mass is 32.1. The summed E-state index contributed by atoms with van der Waals surface area (Å²) in [6.45, 7) is 13.6. The molecule has 2 unspecified atom stereocenters. The Balaban J connectivity index is 0.000000209. The SMILES string of the molecule is CCNCC(O)COc1cccc(-c2nc(/C(S)=C(\C)C(C)C)cc(N(C)C3CCOCC3)n2)c1.CNCC(O)COc1cccc(-c2nc(-c3cc4ccccc4o3)cc(N(C)C3CCOCC3)n2)c1. The molecule has 16 heteroatoms. The topological polar surface area (TPSA) is 173 Å². The van der Waals surface area contributed by atoms with E-state index >= 15 is 0 Å². The fraction of sp³-hybridized carbons (Fsp3) is 0.455. The summed E-state index contributed by atoms with van der Waals surface area (Å²) in [4.78, 5) is 25.0. The maximum atomic E-state index is 10.1. The smallest absolute Gasteiger partial charge is 0.162 e. The number of anilines is 2. The average Bonchev–Trinajstić information content (AvgIpc) is 3.86. The van der Waals surface area contributed by atoms with E-state index in [1.165, 1.54) is 5.57 Å². The van der Waals surface area contributed by atoms with Gasteiger partial charge in [-0.1, -0.05) is 68.8 Å². The highest BCUT2D eigenvalue weighted by molar-refractivity contribution is 7.90. The first-order valence-electron chi connectivity index (χ1n) is 24.9. The van der Waals surface area contributed by atoms with Gasteiger partial charge in [0.05, 0.1) is 5.69 Å². The second-order valence-corrected chi connectivity index (χ2v) is 18.9. The minimum Gasteiger partial charge on any atom is -0.491 e. The van der Waals surface area contributed by atoms with Crippen LogP contribution >= 0.6 is 12.6 Å². The van der Waals surface area contributed by atoms with Crippen LogP contribution in [-0.2, 0) is 9.47 Å². The summed E-state index contributed by atoms with van der Waals surface area (Å²) in [6, 6.07) is 30.1. The first-order valence-corrected chi connectivity index (χ1v) is 25.3. The molecular weight excluding hydrogens is 917 g/mol. The molecule has 3 aromatic carbocycles. The van der Waals surface area contributed by atoms with E-state index in [2.05, 4.69) is 55.3 Å². The van der Waals surface area contributed by atoms with Crippen LogP contribution in [0.3, 0.4) is 0 Å². The number of aromatic nitrogens is 4. The van der Waals surface area contributed by atoms with E-state index in [-0.39, 0.29) is 13.2 Å². The molecule has 71 heavy (non-hydrogen) atoms. The van der Waals surface area contributed by atoms with Crippen LogP contribution in [-0.4, -0.2) is 135 Å². The third kappa shape index (κ3) is 14.8. The number of fused-ring (bicyclic) bond motifs is 1. The maximum Gasteiger partial charge on any atom is 0.162 e. The predicted molar refractivity (Wildman–Crippen MR) is 287 cm³/mol. The Morgan fingerprint density at radius 2 is 1.27 bits per heavy atom. The van der Waals surface area contributed by atoms with Crippen LogP contribution < -0.4 is 29.9 Å². The molecule has 0 amide bonds. The van der Waals surface area contributed by atoms with E-state index in [9.17, 15) is 10.2 Å². The Bertz CT molecular complexity index is 2620. The highest BCUT2D eigenvalue weighted by Crippen LogP contribution is 2.34. The number of aliphatic hydroxyl groups excluding tert-OH is 2. The number of para-hydroxylation sites is 1. The van der Waals surface area contributed by atoms with Gasteiger partial charge >= 0.3 is 0 Å². The molecule has 0 bridgehead atoms. The van der Waals surface area contributed by atoms with Crippen LogP contribution in [0.4, 0.5) is 11.6 Å². The van der Waals surface area contributed by atoms with Gasteiger partial charge in [0.25, 0.3) is 0 Å². The Hall–Kier alpha value is -5.59. The van der Waals surface area contributed by atoms with Gasteiger partial charge in [-0.3, -0.25) is 0 Å². The fourth-order valence-electron chi connectivity index (χ4n) is 8.34. The number of benzene rings is 3. The number of hydrogen-bond donors (Lipinski definition) is 5. The molecule has 4 N–H and O–H groups in total. The minimum absolute atomic E-state index is 0.196. The molecule has 380 valence electrons. The van der Waals surface area contributed by atoms with Crippen molar-refractivity contribution in [1.82, 2.24) is 30.6 Å². The quantitative estimate of drug-likeness (QED) is 0.0461. The Kier molecular flexibility index (Phi) is 19.6. The van der Waals surface area contributed by atoms with E-state index in [1.807, 2.05) is 97.9 Å². The van der Waals surface area contributed by atoms with Crippen LogP contribution in [0.5, 0.6) is 11.5 Å². The lowest BCUT2D eigenvalue weighted by Crippen LogP contribution is -2.37. The summed E-state index contributed by atoms with van der Waals surface area (Å²) in [5.74, 6) is 5.30. The minimum atomic E-state index is -0.592. The van der Waals surface area contributed by atoms with Crippen LogP contribution in [0.25, 0.3) is 50.1 Å². The molecule has 0 aliphatic carbocycles. The van der Waals surface area contributed by atoms with Crippen LogP contribution in [0.15, 0.2) is 101 Å². The van der Waals surface area contributed by atoms with Gasteiger partial charge in [-0.15, -0.1) is 12.6 Å². The zero-order valence-corrected chi connectivity index (χ0v) is 43.2. The number of likely N-dealkylation sites (N-methyl/N-ethyl adjacent to an activating group) is 2. The number of allylic oxidation sites excluding steroid dienone is 1. The first kappa shape index (κ1) is 53.2. The Morgan fingerprint density at radius 1 is 0.718 bits per heavy atom. The van der Waals surface area contributed by atoms with Gasteiger partial charge in [0.15, 0.2) is 17.4 Å². The number of ether oxygens (including phenoxy) is 4. The van der Waals surface area contributed by atoms with Crippen LogP contribution in [0.1, 0.15) is 59.1 Å². The molecule has 6 aromatic rings. The van der Waals surface area contributed by atoms with Crippen molar-refractivity contribution >= 4 is 40.1 Å². The largest absolute Gasteiger partial charge is 0.491 e. The normalized spacial score (nSPS) is 15.7. The van der Waals surface area contributed by atoms with Crippen molar-refractivity contribution in [3.63, 3.8) is 0 Å². The number of aliphatic hydroxyl groups is 2. The van der Waals surface area contributed by atoms with Crippen molar-refractivity contribution in [3.05, 3.63) is 102 Å². The zero-order valence-electron chi connectivity index (χ0n) is 42.3. The van der Waals surface area contributed by atoms with E-state index in [4.69, 9.17) is 55.9 Å². The van der Waals surface area contributed by atoms with Crippen LogP contribution in [0.2, 0.25) is 0 Å². The van der Waals surface area contributed by atoms with Crippen molar-refractivity contribution in [2.75, 3.05) is 90.2 Å². The molecule has 0 radical (unpaired) electrons. The molecule has 2 aliphatic rings. The third-order valence-corrected chi connectivity index (χ3v) is 13.5. The third-order valence-electron chi connectivity index (χ3n) is 12.9. The number of furan rings is 1. The number of nitrogens with zero attached hydrogens (tertiary/aromatic N) is 6. The fourth-order valence-corrected chi connectivity index (χ4v) is 8.71. The molecule has 3 aromatic heterocycles. The molecule has 2 aliphatic heterocycles. The number of rotatable bonds is 20. The van der Waals surface area contributed by atoms with E-state index in [1.54, 1.807) is 7.05 Å². The number of thiol groups is 1. The lowest BCUT2D eigenvalue weighted by molar-refractivity contribution is 0.0852. The molecule has 0 spiro atoms. The molecule has 2 atom stereocenters. The molecular formula is C55H72N8O7S. The molecule has 2 saturated heterocycles. The second kappa shape index (κ2) is 26.2. The lowest BCUT2D eigenvalue weighted by atomic mass is 10.0. The van der Waals surface area contributed by atoms with Crippen molar-refractivity contribution in [3.8, 4) is 45.7 Å². The van der Waals surface area contributed by atoms with E-state index in [0.717, 1.165) is 109 Å². The molecule has 2 fully saturated rings. The standard InChI is InChI=1S/C28H32N4O4.C27H40N4O3S/c1-29-17-22(33)18-35-23-8-5-7-20(14-23)28-30-24(26-15-19-6-3-4-9-25(19)36-26)16-27(31-28)32(2)21-10-12-34-13-11-21;1-6-28-16-22(32)17-34-23-9-7-8-20(14-23)27-29-24(26(35)19(4)18(2)3)15-25(30-27)31(5)21-10-12-33-13-11-21/h3-9,14-16,21-22,29,33H,10-13,17-18H2,1-2H3;7-9,14-15,18,21-22,28,32,35H,6,10-13,16-17H2,1-5H3/b;26-19-. The molecule has 0 saturated carbocycles. The van der Waals surface area contributed by atoms with Gasteiger partial charge in [-0.2, -0.15) is 0 Å². The first-order chi connectivity index (χ1) is 34.4. The van der Waals surface area contributed by atoms with Gasteiger partial charge in [0.1, 0.15) is 59.8 Å². The molecule has 5 heterocycles. The van der Waals surface area contributed by atoms with Gasteiger partial charge in [0.2, 0.25) is 0 Å². The van der Waals surface area contributed by atoms with Crippen LogP contribution in [0, 0.1) is 5.92 Å². The van der Waals surface area contributed by atoms with Gasteiger partial charge in [-0.25, -0.2) is 19.9 Å². The predicted octanol–water partition coefficient (Wildman–Crippen LogP) is 8.56. The zero-order chi connectivity index (χ0) is 50.3. The summed E-state index contributed by atoms with van der Waals surface area (Å²) in [5.41, 5.74) is 5.23. The van der Waals surface area contributed by atoms with Crippen molar-refractivity contribution in [2.45, 2.75) is 77.7 Å². The van der Waals surface area contributed by atoms with E-state index < -0.39 is 12.2 Å². The lowest BCUT2D eigenvalue weighted by Gasteiger charge is -2.32. The highest BCUT2D eigenvalue weighted by Gasteiger charge is 2.24. The van der Waals surface area contributed by atoms with Crippen molar-refractivity contribution < 1.29 is 33.6 Å². The number of nitrogens with one attached hydrogen (secondary N) is 2. The molecule has 8 rings (SSSR count). The average molecular weight is 989 g/mol. The van der Waals surface area contributed by atoms with E-state index in [0.29, 0.717) is 60.0 Å². The van der Waals surface area contributed by atoms with Gasteiger partial charge < -0.3 is 54.0 Å². The van der Waals surface area contributed by atoms with Gasteiger partial charge in [0, 0.05) is 99.2 Å². The van der Waals surface area contributed by atoms with Gasteiger partial charge in [-0.05, 0) is 88.5 Å². The summed E-state index contributed by atoms with van der Waals surface area (Å²) in [7, 11) is 5.96. The molecule has 15 nitrogen and oxygen atoms in total. The Labute approximate surface area is 424 Å². The van der Waals surface area contributed by atoms with Crippen molar-refractivity contribution in [1.29, 1.82) is 0 Å². The summed E-state index contributed by atoms with van der Waals surface area (Å²) in [5, 5.41) is 27.2. The van der Waals surface area contributed by atoms with Crippen molar-refractivity contribution in [2.24, 2.45) is 5.92 Å². The summed E-state index contributed by atoms with van der Waals surface area (Å²) >= 11 is 4.85. The maximum absolute atomic E-state index is 10.1. The summed E-state index contributed by atoms with van der Waals surface area (Å²) in [6.07, 6.45) is 2.68. The monoisotopic (exact) mass is 989 g/mol.